The summed E-state index contributed by atoms with van der Waals surface area (Å²) in [6.07, 6.45) is 0.855. The fourth-order valence-electron chi connectivity index (χ4n) is 2.20. The Hall–Kier alpha value is -2.93. The van der Waals surface area contributed by atoms with Crippen LogP contribution in [0.5, 0.6) is 0 Å². The normalized spacial score (nSPS) is 10.4. The van der Waals surface area contributed by atoms with Gasteiger partial charge in [0.1, 0.15) is 11.6 Å². The molecule has 1 N–H and O–H groups in total. The molecule has 25 heavy (non-hydrogen) atoms. The van der Waals surface area contributed by atoms with Gasteiger partial charge in [0.05, 0.1) is 6.54 Å². The van der Waals surface area contributed by atoms with Gasteiger partial charge in [-0.25, -0.2) is 9.18 Å². The van der Waals surface area contributed by atoms with Crippen LogP contribution in [-0.4, -0.2) is 10.7 Å². The van der Waals surface area contributed by atoms with E-state index in [9.17, 15) is 14.0 Å². The van der Waals surface area contributed by atoms with Gasteiger partial charge in [-0.15, -0.1) is 11.3 Å². The number of nitrogens with zero attached hydrogens (tertiary/aromatic N) is 1. The minimum Gasteiger partial charge on any atom is -0.444 e. The van der Waals surface area contributed by atoms with E-state index >= 15 is 0 Å². The van der Waals surface area contributed by atoms with Gasteiger partial charge in [-0.05, 0) is 11.6 Å². The Morgan fingerprint density at radius 3 is 2.68 bits per heavy atom. The SMILES string of the molecule is O=C(Nc1scc(Cn2ccccc2=O)c1F)OCc1ccccc1. The van der Waals surface area contributed by atoms with Crippen LogP contribution < -0.4 is 10.9 Å². The number of ether oxygens (including phenoxy) is 1. The zero-order valence-electron chi connectivity index (χ0n) is 13.1. The maximum atomic E-state index is 14.4. The van der Waals surface area contributed by atoms with Crippen molar-refractivity contribution in [3.63, 3.8) is 0 Å². The molecule has 0 aliphatic rings. The van der Waals surface area contributed by atoms with Gasteiger partial charge in [0.25, 0.3) is 5.56 Å². The molecule has 0 unspecified atom stereocenters. The van der Waals surface area contributed by atoms with Crippen LogP contribution in [0.2, 0.25) is 0 Å². The molecule has 0 aliphatic heterocycles. The van der Waals surface area contributed by atoms with E-state index in [0.29, 0.717) is 5.56 Å². The van der Waals surface area contributed by atoms with Gasteiger partial charge in [-0.2, -0.15) is 0 Å². The number of thiophene rings is 1. The van der Waals surface area contributed by atoms with E-state index in [2.05, 4.69) is 5.32 Å². The van der Waals surface area contributed by atoms with E-state index in [1.54, 1.807) is 23.7 Å². The molecule has 0 radical (unpaired) electrons. The van der Waals surface area contributed by atoms with Crippen LogP contribution in [0.3, 0.4) is 0 Å². The summed E-state index contributed by atoms with van der Waals surface area (Å²) in [5.74, 6) is -0.558. The van der Waals surface area contributed by atoms with Crippen molar-refractivity contribution in [2.45, 2.75) is 13.2 Å². The maximum absolute atomic E-state index is 14.4. The van der Waals surface area contributed by atoms with E-state index in [1.807, 2.05) is 30.3 Å². The molecule has 0 bridgehead atoms. The number of hydrogen-bond donors (Lipinski definition) is 1. The molecule has 1 aromatic carbocycles. The molecule has 0 fully saturated rings. The summed E-state index contributed by atoms with van der Waals surface area (Å²) in [6.45, 7) is 0.203. The fourth-order valence-corrected chi connectivity index (χ4v) is 3.01. The van der Waals surface area contributed by atoms with Crippen molar-refractivity contribution in [3.8, 4) is 0 Å². The average Bonchev–Trinajstić information content (AvgIpc) is 2.96. The van der Waals surface area contributed by atoms with Gasteiger partial charge in [0.2, 0.25) is 0 Å². The number of benzene rings is 1. The summed E-state index contributed by atoms with van der Waals surface area (Å²) in [4.78, 5) is 23.5. The number of rotatable bonds is 5. The molecule has 0 saturated carbocycles. The Morgan fingerprint density at radius 1 is 1.16 bits per heavy atom. The summed E-state index contributed by atoms with van der Waals surface area (Å²) in [5, 5.41) is 4.03. The van der Waals surface area contributed by atoms with Crippen molar-refractivity contribution in [3.05, 3.63) is 87.4 Å². The molecule has 3 aromatic rings. The molecule has 2 aromatic heterocycles. The summed E-state index contributed by atoms with van der Waals surface area (Å²) < 4.78 is 20.9. The fraction of sp³-hybridized carbons (Fsp3) is 0.111. The first-order valence-electron chi connectivity index (χ1n) is 7.52. The van der Waals surface area contributed by atoms with E-state index in [4.69, 9.17) is 4.74 Å². The number of aromatic nitrogens is 1. The lowest BCUT2D eigenvalue weighted by Crippen LogP contribution is -2.18. The third-order valence-corrected chi connectivity index (χ3v) is 4.39. The second-order valence-corrected chi connectivity index (χ2v) is 6.14. The van der Waals surface area contributed by atoms with Crippen LogP contribution in [0.4, 0.5) is 14.2 Å². The van der Waals surface area contributed by atoms with E-state index in [-0.39, 0.29) is 23.7 Å². The molecule has 1 amide bonds. The second-order valence-electron chi connectivity index (χ2n) is 5.26. The van der Waals surface area contributed by atoms with Crippen molar-refractivity contribution in [2.75, 3.05) is 5.32 Å². The number of nitrogens with one attached hydrogen (secondary N) is 1. The van der Waals surface area contributed by atoms with Gasteiger partial charge < -0.3 is 9.30 Å². The smallest absolute Gasteiger partial charge is 0.412 e. The van der Waals surface area contributed by atoms with Crippen molar-refractivity contribution in [2.24, 2.45) is 0 Å². The molecule has 128 valence electrons. The first kappa shape index (κ1) is 16.9. The number of halogens is 1. The summed E-state index contributed by atoms with van der Waals surface area (Å²) in [5.41, 5.74) is 0.954. The quantitative estimate of drug-likeness (QED) is 0.754. The topological polar surface area (TPSA) is 60.3 Å². The van der Waals surface area contributed by atoms with Gasteiger partial charge in [0.15, 0.2) is 5.82 Å². The van der Waals surface area contributed by atoms with Crippen LogP contribution in [-0.2, 0) is 17.9 Å². The highest BCUT2D eigenvalue weighted by Crippen LogP contribution is 2.27. The number of anilines is 1. The van der Waals surface area contributed by atoms with Crippen LogP contribution >= 0.6 is 11.3 Å². The Balaban J connectivity index is 1.62. The predicted octanol–water partition coefficient (Wildman–Crippen LogP) is 3.85. The van der Waals surface area contributed by atoms with E-state index in [1.165, 1.54) is 10.6 Å². The monoisotopic (exact) mass is 358 g/mol. The molecule has 0 atom stereocenters. The summed E-state index contributed by atoms with van der Waals surface area (Å²) >= 11 is 1.05. The lowest BCUT2D eigenvalue weighted by atomic mass is 10.2. The maximum Gasteiger partial charge on any atom is 0.412 e. The van der Waals surface area contributed by atoms with Gasteiger partial charge >= 0.3 is 6.09 Å². The molecule has 0 spiro atoms. The Bertz CT molecular complexity index is 921. The number of amides is 1. The third-order valence-electron chi connectivity index (χ3n) is 3.47. The Kier molecular flexibility index (Phi) is 5.25. The van der Waals surface area contributed by atoms with Crippen molar-refractivity contribution >= 4 is 22.4 Å². The van der Waals surface area contributed by atoms with Crippen LogP contribution in [0.1, 0.15) is 11.1 Å². The Morgan fingerprint density at radius 2 is 1.92 bits per heavy atom. The molecular weight excluding hydrogens is 343 g/mol. The first-order valence-corrected chi connectivity index (χ1v) is 8.40. The standard InChI is InChI=1S/C18H15FN2O3S/c19-16-14(10-21-9-5-4-8-15(21)22)12-25-17(16)20-18(23)24-11-13-6-2-1-3-7-13/h1-9,12H,10-11H2,(H,20,23). The van der Waals surface area contributed by atoms with Crippen molar-refractivity contribution in [1.29, 1.82) is 0 Å². The highest BCUT2D eigenvalue weighted by Gasteiger charge is 2.15. The third kappa shape index (κ3) is 4.33. The average molecular weight is 358 g/mol. The van der Waals surface area contributed by atoms with E-state index in [0.717, 1.165) is 16.9 Å². The summed E-state index contributed by atoms with van der Waals surface area (Å²) in [7, 11) is 0. The largest absolute Gasteiger partial charge is 0.444 e. The van der Waals surface area contributed by atoms with Gasteiger partial charge in [-0.3, -0.25) is 10.1 Å². The first-order chi connectivity index (χ1) is 12.1. The highest BCUT2D eigenvalue weighted by molar-refractivity contribution is 7.14. The zero-order chi connectivity index (χ0) is 17.6. The molecule has 0 saturated heterocycles. The zero-order valence-corrected chi connectivity index (χ0v) is 14.0. The predicted molar refractivity (Wildman–Crippen MR) is 94.3 cm³/mol. The molecular formula is C18H15FN2O3S. The lowest BCUT2D eigenvalue weighted by Gasteiger charge is -2.06. The highest BCUT2D eigenvalue weighted by atomic mass is 32.1. The van der Waals surface area contributed by atoms with Crippen molar-refractivity contribution in [1.82, 2.24) is 4.57 Å². The van der Waals surface area contributed by atoms with E-state index < -0.39 is 11.9 Å². The molecule has 7 heteroatoms. The number of carbonyl (C=O) groups is 1. The van der Waals surface area contributed by atoms with Crippen LogP contribution in [0.25, 0.3) is 0 Å². The molecule has 2 heterocycles. The van der Waals surface area contributed by atoms with Gasteiger partial charge in [-0.1, -0.05) is 36.4 Å². The second kappa shape index (κ2) is 7.76. The minimum atomic E-state index is -0.729. The minimum absolute atomic E-state index is 0.0667. The number of carbonyl (C=O) groups excluding carboxylic acids is 1. The van der Waals surface area contributed by atoms with Gasteiger partial charge in [0, 0.05) is 23.2 Å². The number of pyridine rings is 1. The van der Waals surface area contributed by atoms with Crippen LogP contribution in [0.15, 0.2) is 64.9 Å². The number of hydrogen-bond acceptors (Lipinski definition) is 4. The molecule has 0 aliphatic carbocycles. The lowest BCUT2D eigenvalue weighted by molar-refractivity contribution is 0.155. The molecule has 5 nitrogen and oxygen atoms in total. The summed E-state index contributed by atoms with van der Waals surface area (Å²) in [6, 6.07) is 13.9. The van der Waals surface area contributed by atoms with Crippen molar-refractivity contribution < 1.29 is 13.9 Å². The Labute approximate surface area is 147 Å². The molecule has 3 rings (SSSR count). The van der Waals surface area contributed by atoms with Crippen LogP contribution in [0, 0.1) is 5.82 Å².